The van der Waals surface area contributed by atoms with Crippen LogP contribution in [-0.4, -0.2) is 52.6 Å². The Bertz CT molecular complexity index is 769. The van der Waals surface area contributed by atoms with Gasteiger partial charge in [-0.15, -0.1) is 0 Å². The van der Waals surface area contributed by atoms with Gasteiger partial charge in [0.25, 0.3) is 0 Å². The maximum atomic E-state index is 12.6. The van der Waals surface area contributed by atoms with Gasteiger partial charge in [-0.05, 0) is 18.4 Å². The molecule has 11 heteroatoms. The van der Waals surface area contributed by atoms with Crippen molar-refractivity contribution in [3.8, 4) is 0 Å². The molecule has 164 valence electrons. The van der Waals surface area contributed by atoms with E-state index in [1.165, 1.54) is 18.2 Å². The lowest BCUT2D eigenvalue weighted by Gasteiger charge is -2.35. The standard InChI is InChI=1S/C19H21Cl3N2O6/c1-28-16(25)15(23-17(26)30-12-19(20,21)22)14-9-5-6-10-24(14)18(27)29-11-13-7-3-2-4-8-13/h2-4,6-8,10,14-15H,5,9,11-12H2,1H3,(H,23,26)/t14?,15-/m0/s1. The van der Waals surface area contributed by atoms with Gasteiger partial charge in [-0.1, -0.05) is 71.2 Å². The first-order valence-corrected chi connectivity index (χ1v) is 10.1. The number of amides is 2. The van der Waals surface area contributed by atoms with Gasteiger partial charge in [0.15, 0.2) is 6.04 Å². The lowest BCUT2D eigenvalue weighted by molar-refractivity contribution is -0.144. The molecule has 1 aromatic rings. The van der Waals surface area contributed by atoms with Crippen LogP contribution in [0, 0.1) is 0 Å². The molecule has 0 saturated carbocycles. The monoisotopic (exact) mass is 478 g/mol. The quantitative estimate of drug-likeness (QED) is 0.377. The molecule has 0 bridgehead atoms. The Kier molecular flexibility index (Phi) is 9.08. The van der Waals surface area contributed by atoms with Gasteiger partial charge in [0.05, 0.1) is 13.2 Å². The minimum Gasteiger partial charge on any atom is -0.467 e. The molecule has 1 aliphatic heterocycles. The molecule has 0 aromatic heterocycles. The summed E-state index contributed by atoms with van der Waals surface area (Å²) >= 11 is 16.7. The first-order chi connectivity index (χ1) is 14.2. The summed E-state index contributed by atoms with van der Waals surface area (Å²) in [4.78, 5) is 38.3. The number of alkyl carbamates (subject to hydrolysis) is 1. The van der Waals surface area contributed by atoms with Crippen molar-refractivity contribution in [3.05, 3.63) is 48.2 Å². The van der Waals surface area contributed by atoms with Crippen LogP contribution in [0.3, 0.4) is 0 Å². The van der Waals surface area contributed by atoms with Gasteiger partial charge in [-0.25, -0.2) is 14.4 Å². The van der Waals surface area contributed by atoms with E-state index in [4.69, 9.17) is 49.0 Å². The molecule has 2 rings (SSSR count). The number of carbonyl (C=O) groups excluding carboxylic acids is 3. The van der Waals surface area contributed by atoms with Crippen molar-refractivity contribution >= 4 is 53.0 Å². The second-order valence-corrected chi connectivity index (χ2v) is 8.83. The predicted octanol–water partition coefficient (Wildman–Crippen LogP) is 3.94. The molecule has 2 atom stereocenters. The molecule has 0 aliphatic carbocycles. The van der Waals surface area contributed by atoms with E-state index >= 15 is 0 Å². The Hall–Kier alpha value is -2.16. The number of esters is 1. The number of ether oxygens (including phenoxy) is 3. The van der Waals surface area contributed by atoms with E-state index in [9.17, 15) is 14.4 Å². The normalized spacial score (nSPS) is 17.1. The van der Waals surface area contributed by atoms with Crippen molar-refractivity contribution in [2.75, 3.05) is 13.7 Å². The number of carbonyl (C=O) groups is 3. The van der Waals surface area contributed by atoms with E-state index < -0.39 is 40.6 Å². The third-order valence-electron chi connectivity index (χ3n) is 4.15. The zero-order valence-electron chi connectivity index (χ0n) is 16.1. The second kappa shape index (κ2) is 11.3. The number of benzene rings is 1. The Morgan fingerprint density at radius 2 is 1.90 bits per heavy atom. The van der Waals surface area contributed by atoms with Gasteiger partial charge in [-0.3, -0.25) is 4.90 Å². The van der Waals surface area contributed by atoms with E-state index in [-0.39, 0.29) is 6.61 Å². The third kappa shape index (κ3) is 7.59. The minimum absolute atomic E-state index is 0.0539. The number of nitrogens with one attached hydrogen (secondary N) is 1. The molecule has 1 aliphatic rings. The third-order valence-corrected chi connectivity index (χ3v) is 4.48. The highest BCUT2D eigenvalue weighted by atomic mass is 35.6. The van der Waals surface area contributed by atoms with Gasteiger partial charge in [0.1, 0.15) is 13.2 Å². The minimum atomic E-state index is -1.81. The summed E-state index contributed by atoms with van der Waals surface area (Å²) in [6.45, 7) is -0.469. The Balaban J connectivity index is 2.08. The van der Waals surface area contributed by atoms with Crippen molar-refractivity contribution in [1.82, 2.24) is 10.2 Å². The largest absolute Gasteiger partial charge is 0.467 e. The maximum absolute atomic E-state index is 12.6. The molecule has 1 unspecified atom stereocenters. The Morgan fingerprint density at radius 3 is 2.53 bits per heavy atom. The van der Waals surface area contributed by atoms with Gasteiger partial charge >= 0.3 is 18.2 Å². The molecule has 1 N–H and O–H groups in total. The first kappa shape index (κ1) is 24.1. The molecule has 2 amide bonds. The number of nitrogens with zero attached hydrogens (tertiary/aromatic N) is 1. The molecule has 1 heterocycles. The number of methoxy groups -OCH3 is 1. The van der Waals surface area contributed by atoms with Gasteiger partial charge < -0.3 is 19.5 Å². The Labute approximate surface area is 189 Å². The molecule has 0 fully saturated rings. The number of allylic oxidation sites excluding steroid dienone is 1. The lowest BCUT2D eigenvalue weighted by atomic mass is 9.99. The topological polar surface area (TPSA) is 94.2 Å². The molecule has 8 nitrogen and oxygen atoms in total. The summed E-state index contributed by atoms with van der Waals surface area (Å²) in [6, 6.07) is 7.16. The van der Waals surface area contributed by atoms with Crippen LogP contribution in [0.5, 0.6) is 0 Å². The smallest absolute Gasteiger partial charge is 0.414 e. The van der Waals surface area contributed by atoms with Crippen LogP contribution in [0.2, 0.25) is 0 Å². The fourth-order valence-corrected chi connectivity index (χ4v) is 2.94. The van der Waals surface area contributed by atoms with Crippen LogP contribution in [0.25, 0.3) is 0 Å². The summed E-state index contributed by atoms with van der Waals surface area (Å²) in [5, 5.41) is 2.37. The number of alkyl halides is 3. The number of hydrogen-bond donors (Lipinski definition) is 1. The van der Waals surface area contributed by atoms with Crippen LogP contribution in [-0.2, 0) is 25.6 Å². The Morgan fingerprint density at radius 1 is 1.20 bits per heavy atom. The molecular formula is C19H21Cl3N2O6. The molecule has 30 heavy (non-hydrogen) atoms. The van der Waals surface area contributed by atoms with Crippen LogP contribution in [0.15, 0.2) is 42.6 Å². The van der Waals surface area contributed by atoms with Gasteiger partial charge in [0, 0.05) is 6.20 Å². The van der Waals surface area contributed by atoms with Crippen LogP contribution in [0.4, 0.5) is 9.59 Å². The zero-order chi connectivity index (χ0) is 22.1. The van der Waals surface area contributed by atoms with E-state index in [0.717, 1.165) is 5.56 Å². The van der Waals surface area contributed by atoms with E-state index in [1.54, 1.807) is 6.08 Å². The molecule has 0 radical (unpaired) electrons. The molecule has 1 aromatic carbocycles. The fourth-order valence-electron chi connectivity index (χ4n) is 2.78. The molecule has 0 saturated heterocycles. The van der Waals surface area contributed by atoms with Crippen molar-refractivity contribution in [2.45, 2.75) is 35.3 Å². The highest BCUT2D eigenvalue weighted by Gasteiger charge is 2.38. The second-order valence-electron chi connectivity index (χ2n) is 6.31. The van der Waals surface area contributed by atoms with Crippen molar-refractivity contribution in [3.63, 3.8) is 0 Å². The molecular weight excluding hydrogens is 459 g/mol. The van der Waals surface area contributed by atoms with Crippen LogP contribution < -0.4 is 5.32 Å². The fraction of sp³-hybridized carbons (Fsp3) is 0.421. The average molecular weight is 480 g/mol. The summed E-state index contributed by atoms with van der Waals surface area (Å²) in [5.74, 6) is -0.762. The summed E-state index contributed by atoms with van der Waals surface area (Å²) in [7, 11) is 1.17. The number of rotatable bonds is 6. The molecule has 0 spiro atoms. The average Bonchev–Trinajstić information content (AvgIpc) is 2.74. The van der Waals surface area contributed by atoms with Gasteiger partial charge in [0.2, 0.25) is 3.79 Å². The zero-order valence-corrected chi connectivity index (χ0v) is 18.3. The highest BCUT2D eigenvalue weighted by Crippen LogP contribution is 2.26. The van der Waals surface area contributed by atoms with Crippen LogP contribution in [0.1, 0.15) is 18.4 Å². The van der Waals surface area contributed by atoms with E-state index in [1.807, 2.05) is 30.3 Å². The summed E-state index contributed by atoms with van der Waals surface area (Å²) < 4.78 is 13.1. The lowest BCUT2D eigenvalue weighted by Crippen LogP contribution is -2.57. The highest BCUT2D eigenvalue weighted by molar-refractivity contribution is 6.67. The summed E-state index contributed by atoms with van der Waals surface area (Å²) in [6.07, 6.45) is 2.54. The number of hydrogen-bond acceptors (Lipinski definition) is 6. The van der Waals surface area contributed by atoms with Crippen molar-refractivity contribution < 1.29 is 28.6 Å². The van der Waals surface area contributed by atoms with Crippen LogP contribution >= 0.6 is 34.8 Å². The van der Waals surface area contributed by atoms with Crippen molar-refractivity contribution in [1.29, 1.82) is 0 Å². The number of halogens is 3. The SMILES string of the molecule is COC(=O)[C@@H](NC(=O)OCC(Cl)(Cl)Cl)C1CCC=CN1C(=O)OCc1ccccc1. The first-order valence-electron chi connectivity index (χ1n) is 8.95. The van der Waals surface area contributed by atoms with E-state index in [0.29, 0.717) is 12.8 Å². The van der Waals surface area contributed by atoms with Crippen molar-refractivity contribution in [2.24, 2.45) is 0 Å². The predicted molar refractivity (Wildman–Crippen MR) is 111 cm³/mol. The van der Waals surface area contributed by atoms with E-state index in [2.05, 4.69) is 5.32 Å². The summed E-state index contributed by atoms with van der Waals surface area (Å²) in [5.41, 5.74) is 0.807. The van der Waals surface area contributed by atoms with Gasteiger partial charge in [-0.2, -0.15) is 0 Å². The maximum Gasteiger partial charge on any atom is 0.414 e.